The fraction of sp³-hybridized carbons (Fsp3) is 0.857. The summed E-state index contributed by atoms with van der Waals surface area (Å²) in [6.45, 7) is 1.11. The van der Waals surface area contributed by atoms with Gasteiger partial charge in [0.15, 0.2) is 0 Å². The second kappa shape index (κ2) is 5.90. The highest BCUT2D eigenvalue weighted by Crippen LogP contribution is 2.39. The molecule has 5 heteroatoms. The lowest BCUT2D eigenvalue weighted by atomic mass is 9.71. The number of amides is 1. The molecule has 108 valence electrons. The molecule has 1 saturated carbocycles. The molecule has 0 aromatic carbocycles. The minimum absolute atomic E-state index is 0.0164. The van der Waals surface area contributed by atoms with Crippen LogP contribution in [0.1, 0.15) is 51.4 Å². The van der Waals surface area contributed by atoms with E-state index < -0.39 is 12.0 Å². The lowest BCUT2D eigenvalue weighted by molar-refractivity contribution is -0.149. The Bertz CT molecular complexity index is 351. The van der Waals surface area contributed by atoms with Gasteiger partial charge in [0.2, 0.25) is 5.91 Å². The predicted molar refractivity (Wildman–Crippen MR) is 71.6 cm³/mol. The fourth-order valence-corrected chi connectivity index (χ4v) is 3.50. The number of rotatable bonds is 4. The van der Waals surface area contributed by atoms with Gasteiger partial charge in [0.1, 0.15) is 6.04 Å². The second-order valence-electron chi connectivity index (χ2n) is 6.02. The maximum absolute atomic E-state index is 12.4. The summed E-state index contributed by atoms with van der Waals surface area (Å²) in [5, 5.41) is 9.14. The van der Waals surface area contributed by atoms with Crippen molar-refractivity contribution < 1.29 is 14.7 Å². The standard InChI is InChI=1S/C14H24N2O3/c15-10-14(6-2-1-3-7-14)9-12(17)16-8-4-5-11(16)13(18)19/h11H,1-10,15H2,(H,18,19)/t11-/m1/s1. The molecule has 0 aromatic heterocycles. The average Bonchev–Trinajstić information content (AvgIpc) is 2.89. The molecular formula is C14H24N2O3. The molecule has 0 radical (unpaired) electrons. The maximum Gasteiger partial charge on any atom is 0.326 e. The second-order valence-corrected chi connectivity index (χ2v) is 6.02. The zero-order valence-electron chi connectivity index (χ0n) is 11.4. The summed E-state index contributed by atoms with van der Waals surface area (Å²) in [5.41, 5.74) is 5.81. The van der Waals surface area contributed by atoms with Crippen LogP contribution in [-0.2, 0) is 9.59 Å². The van der Waals surface area contributed by atoms with Gasteiger partial charge in [0.25, 0.3) is 0 Å². The van der Waals surface area contributed by atoms with E-state index in [1.807, 2.05) is 0 Å². The number of nitrogens with zero attached hydrogens (tertiary/aromatic N) is 1. The minimum Gasteiger partial charge on any atom is -0.480 e. The molecule has 0 bridgehead atoms. The van der Waals surface area contributed by atoms with Crippen molar-refractivity contribution in [1.29, 1.82) is 0 Å². The van der Waals surface area contributed by atoms with Gasteiger partial charge in [0, 0.05) is 13.0 Å². The molecule has 2 rings (SSSR count). The Kier molecular flexibility index (Phi) is 4.45. The number of carbonyl (C=O) groups excluding carboxylic acids is 1. The van der Waals surface area contributed by atoms with E-state index in [9.17, 15) is 9.59 Å². The zero-order valence-corrected chi connectivity index (χ0v) is 11.4. The Morgan fingerprint density at radius 3 is 2.47 bits per heavy atom. The van der Waals surface area contributed by atoms with Crippen LogP contribution in [0.25, 0.3) is 0 Å². The van der Waals surface area contributed by atoms with Crippen molar-refractivity contribution in [3.8, 4) is 0 Å². The Hall–Kier alpha value is -1.10. The van der Waals surface area contributed by atoms with Crippen LogP contribution in [0.5, 0.6) is 0 Å². The zero-order chi connectivity index (χ0) is 13.9. The smallest absolute Gasteiger partial charge is 0.326 e. The van der Waals surface area contributed by atoms with Crippen molar-refractivity contribution in [3.63, 3.8) is 0 Å². The largest absolute Gasteiger partial charge is 0.480 e. The Morgan fingerprint density at radius 1 is 1.21 bits per heavy atom. The van der Waals surface area contributed by atoms with Crippen molar-refractivity contribution in [1.82, 2.24) is 4.90 Å². The van der Waals surface area contributed by atoms with E-state index in [1.165, 1.54) is 6.42 Å². The van der Waals surface area contributed by atoms with Gasteiger partial charge >= 0.3 is 5.97 Å². The number of carboxylic acid groups (broad SMARTS) is 1. The molecule has 1 aliphatic heterocycles. The van der Waals surface area contributed by atoms with Gasteiger partial charge in [-0.2, -0.15) is 0 Å². The molecule has 1 amide bonds. The first-order valence-electron chi connectivity index (χ1n) is 7.30. The number of carboxylic acids is 1. The first-order valence-corrected chi connectivity index (χ1v) is 7.30. The molecule has 0 spiro atoms. The molecule has 1 heterocycles. The van der Waals surface area contributed by atoms with Crippen LogP contribution in [0, 0.1) is 5.41 Å². The van der Waals surface area contributed by atoms with Gasteiger partial charge in [0.05, 0.1) is 0 Å². The Labute approximate surface area is 114 Å². The van der Waals surface area contributed by atoms with Crippen molar-refractivity contribution in [2.24, 2.45) is 11.1 Å². The van der Waals surface area contributed by atoms with E-state index >= 15 is 0 Å². The van der Waals surface area contributed by atoms with Gasteiger partial charge in [-0.1, -0.05) is 19.3 Å². The number of hydrogen-bond acceptors (Lipinski definition) is 3. The van der Waals surface area contributed by atoms with Gasteiger partial charge in [-0.15, -0.1) is 0 Å². The van der Waals surface area contributed by atoms with Crippen LogP contribution in [0.2, 0.25) is 0 Å². The summed E-state index contributed by atoms with van der Waals surface area (Å²) in [5.74, 6) is -0.895. The highest BCUT2D eigenvalue weighted by molar-refractivity contribution is 5.84. The van der Waals surface area contributed by atoms with Crippen LogP contribution in [0.3, 0.4) is 0 Å². The third-order valence-electron chi connectivity index (χ3n) is 4.73. The molecule has 5 nitrogen and oxygen atoms in total. The first kappa shape index (κ1) is 14.3. The van der Waals surface area contributed by atoms with E-state index in [0.717, 1.165) is 32.1 Å². The van der Waals surface area contributed by atoms with Crippen molar-refractivity contribution >= 4 is 11.9 Å². The van der Waals surface area contributed by atoms with Crippen LogP contribution in [-0.4, -0.2) is 41.0 Å². The van der Waals surface area contributed by atoms with E-state index in [-0.39, 0.29) is 11.3 Å². The lowest BCUT2D eigenvalue weighted by Gasteiger charge is -2.37. The lowest BCUT2D eigenvalue weighted by Crippen LogP contribution is -2.44. The molecule has 3 N–H and O–H groups in total. The summed E-state index contributed by atoms with van der Waals surface area (Å²) in [4.78, 5) is 25.1. The first-order chi connectivity index (χ1) is 9.08. The number of nitrogens with two attached hydrogens (primary N) is 1. The molecule has 2 fully saturated rings. The van der Waals surface area contributed by atoms with Gasteiger partial charge in [-0.25, -0.2) is 4.79 Å². The molecule has 0 aromatic rings. The molecule has 1 aliphatic carbocycles. The highest BCUT2D eigenvalue weighted by atomic mass is 16.4. The number of hydrogen-bond donors (Lipinski definition) is 2. The summed E-state index contributed by atoms with van der Waals surface area (Å²) in [6, 6.07) is -0.620. The Balaban J connectivity index is 2.01. The van der Waals surface area contributed by atoms with E-state index in [0.29, 0.717) is 25.9 Å². The van der Waals surface area contributed by atoms with Crippen molar-refractivity contribution in [2.75, 3.05) is 13.1 Å². The molecule has 1 atom stereocenters. The normalized spacial score (nSPS) is 26.4. The van der Waals surface area contributed by atoms with Gasteiger partial charge < -0.3 is 15.7 Å². The Morgan fingerprint density at radius 2 is 1.89 bits per heavy atom. The number of aliphatic carboxylic acids is 1. The fourth-order valence-electron chi connectivity index (χ4n) is 3.50. The van der Waals surface area contributed by atoms with Crippen LogP contribution in [0.4, 0.5) is 0 Å². The number of carbonyl (C=O) groups is 2. The average molecular weight is 268 g/mol. The van der Waals surface area contributed by atoms with E-state index in [2.05, 4.69) is 0 Å². The topological polar surface area (TPSA) is 83.6 Å². The van der Waals surface area contributed by atoms with Gasteiger partial charge in [-0.05, 0) is 37.6 Å². The van der Waals surface area contributed by atoms with Crippen molar-refractivity contribution in [3.05, 3.63) is 0 Å². The predicted octanol–water partition coefficient (Wildman–Crippen LogP) is 1.36. The quantitative estimate of drug-likeness (QED) is 0.806. The third-order valence-corrected chi connectivity index (χ3v) is 4.73. The molecule has 1 saturated heterocycles. The SMILES string of the molecule is NCC1(CC(=O)N2CCC[C@@H]2C(=O)O)CCCCC1. The third kappa shape index (κ3) is 3.08. The summed E-state index contributed by atoms with van der Waals surface area (Å²) in [7, 11) is 0. The van der Waals surface area contributed by atoms with Gasteiger partial charge in [-0.3, -0.25) is 4.79 Å². The monoisotopic (exact) mass is 268 g/mol. The van der Waals surface area contributed by atoms with E-state index in [4.69, 9.17) is 10.8 Å². The minimum atomic E-state index is -0.878. The van der Waals surface area contributed by atoms with Crippen LogP contribution in [0.15, 0.2) is 0 Å². The summed E-state index contributed by atoms with van der Waals surface area (Å²) in [6.07, 6.45) is 7.28. The van der Waals surface area contributed by atoms with Crippen molar-refractivity contribution in [2.45, 2.75) is 57.4 Å². The maximum atomic E-state index is 12.4. The van der Waals surface area contributed by atoms with Crippen LogP contribution >= 0.6 is 0 Å². The van der Waals surface area contributed by atoms with E-state index in [1.54, 1.807) is 4.90 Å². The number of likely N-dealkylation sites (tertiary alicyclic amines) is 1. The molecule has 0 unspecified atom stereocenters. The summed E-state index contributed by atoms with van der Waals surface area (Å²) >= 11 is 0. The van der Waals surface area contributed by atoms with Crippen LogP contribution < -0.4 is 5.73 Å². The molecule has 19 heavy (non-hydrogen) atoms. The molecular weight excluding hydrogens is 244 g/mol. The molecule has 2 aliphatic rings. The summed E-state index contributed by atoms with van der Waals surface area (Å²) < 4.78 is 0. The highest BCUT2D eigenvalue weighted by Gasteiger charge is 2.39.